The maximum absolute atomic E-state index is 11.5. The lowest BCUT2D eigenvalue weighted by Crippen LogP contribution is -2.42. The summed E-state index contributed by atoms with van der Waals surface area (Å²) in [5.74, 6) is 1.49. The molecule has 0 aliphatic carbocycles. The van der Waals surface area contributed by atoms with Crippen LogP contribution in [0, 0.1) is 12.8 Å². The number of amides is 1. The first-order valence-electron chi connectivity index (χ1n) is 8.17. The number of fused-ring (bicyclic) bond motifs is 1. The van der Waals surface area contributed by atoms with Crippen molar-refractivity contribution in [1.82, 2.24) is 4.90 Å². The number of phenols is 1. The van der Waals surface area contributed by atoms with E-state index in [0.717, 1.165) is 42.6 Å². The maximum Gasteiger partial charge on any atom is 0.219 e. The van der Waals surface area contributed by atoms with Crippen molar-refractivity contribution in [1.29, 1.82) is 0 Å². The van der Waals surface area contributed by atoms with Crippen molar-refractivity contribution in [2.75, 3.05) is 13.1 Å². The lowest BCUT2D eigenvalue weighted by molar-refractivity contribution is -0.130. The predicted octanol–water partition coefficient (Wildman–Crippen LogP) is 2.16. The molecule has 2 aliphatic rings. The van der Waals surface area contributed by atoms with Gasteiger partial charge in [0, 0.05) is 43.8 Å². The number of aryl methyl sites for hydroxylation is 1. The second-order valence-corrected chi connectivity index (χ2v) is 6.49. The highest BCUT2D eigenvalue weighted by molar-refractivity contribution is 5.73. The first-order valence-corrected chi connectivity index (χ1v) is 8.17. The number of ether oxygens (including phenoxy) is 1. The quantitative estimate of drug-likeness (QED) is 0.832. The molecule has 3 N–H and O–H groups in total. The summed E-state index contributed by atoms with van der Waals surface area (Å²) >= 11 is 0. The average molecular weight is 316 g/mol. The lowest BCUT2D eigenvalue weighted by atomic mass is 9.84. The number of nitrogens with zero attached hydrogens (tertiary/aromatic N) is 1. The minimum absolute atomic E-state index is 0.000826. The number of carbonyl (C=O) groups is 1. The summed E-state index contributed by atoms with van der Waals surface area (Å²) in [6.07, 6.45) is 4.00. The van der Waals surface area contributed by atoms with Crippen LogP contribution in [0.1, 0.15) is 36.5 Å². The lowest BCUT2D eigenvalue weighted by Gasteiger charge is -2.38. The van der Waals surface area contributed by atoms with Gasteiger partial charge in [-0.25, -0.2) is 0 Å². The van der Waals surface area contributed by atoms with E-state index in [0.29, 0.717) is 23.8 Å². The van der Waals surface area contributed by atoms with Crippen LogP contribution < -0.4 is 5.73 Å². The molecule has 0 radical (unpaired) electrons. The number of phenolic OH excluding ortho intramolecular Hbond substituents is 1. The van der Waals surface area contributed by atoms with E-state index in [1.807, 2.05) is 24.0 Å². The Morgan fingerprint density at radius 2 is 2.09 bits per heavy atom. The third-order valence-electron chi connectivity index (χ3n) is 5.10. The molecule has 124 valence electrons. The van der Waals surface area contributed by atoms with E-state index in [2.05, 4.69) is 0 Å². The molecule has 1 amide bonds. The number of piperidine rings is 1. The number of aromatic hydroxyl groups is 1. The standard InChI is InChI=1S/C18H24N2O3/c1-11-3-4-14-15(18(11)22)9-16(23-17(14)10-19)13-5-7-20(8-6-13)12(2)21/h3-4,10,13,16,22H,5-9,19H2,1-2H3/b17-10-/t16-/m0/s1. The zero-order valence-electron chi connectivity index (χ0n) is 13.7. The SMILES string of the molecule is CC(=O)N1CCC([C@@H]2Cc3c(ccc(C)c3O)/C(=C/N)O2)CC1. The zero-order valence-corrected chi connectivity index (χ0v) is 13.7. The fraction of sp³-hybridized carbons (Fsp3) is 0.500. The van der Waals surface area contributed by atoms with Gasteiger partial charge in [-0.2, -0.15) is 0 Å². The van der Waals surface area contributed by atoms with E-state index in [4.69, 9.17) is 10.5 Å². The molecule has 1 atom stereocenters. The Bertz CT molecular complexity index is 646. The molecular formula is C18H24N2O3. The second kappa shape index (κ2) is 6.14. The molecular weight excluding hydrogens is 292 g/mol. The summed E-state index contributed by atoms with van der Waals surface area (Å²) in [4.78, 5) is 13.3. The normalized spacial score (nSPS) is 23.5. The molecule has 0 bridgehead atoms. The minimum Gasteiger partial charge on any atom is -0.507 e. The minimum atomic E-state index is -0.000826. The van der Waals surface area contributed by atoms with Gasteiger partial charge in [0.2, 0.25) is 5.91 Å². The first kappa shape index (κ1) is 15.7. The average Bonchev–Trinajstić information content (AvgIpc) is 2.57. The van der Waals surface area contributed by atoms with E-state index in [-0.39, 0.29) is 12.0 Å². The number of carbonyl (C=O) groups excluding carboxylic acids is 1. The van der Waals surface area contributed by atoms with Crippen molar-refractivity contribution < 1.29 is 14.6 Å². The van der Waals surface area contributed by atoms with Crippen molar-refractivity contribution in [2.45, 2.75) is 39.2 Å². The van der Waals surface area contributed by atoms with Crippen LogP contribution in [0.15, 0.2) is 18.3 Å². The molecule has 0 spiro atoms. The Morgan fingerprint density at radius 1 is 1.39 bits per heavy atom. The third kappa shape index (κ3) is 2.87. The van der Waals surface area contributed by atoms with Gasteiger partial charge in [0.05, 0.1) is 0 Å². The van der Waals surface area contributed by atoms with Crippen LogP contribution in [-0.2, 0) is 16.0 Å². The van der Waals surface area contributed by atoms with Gasteiger partial charge in [-0.1, -0.05) is 12.1 Å². The van der Waals surface area contributed by atoms with Gasteiger partial charge in [-0.15, -0.1) is 0 Å². The number of hydrogen-bond donors (Lipinski definition) is 2. The topological polar surface area (TPSA) is 75.8 Å². The number of benzene rings is 1. The Kier molecular flexibility index (Phi) is 4.20. The van der Waals surface area contributed by atoms with E-state index in [9.17, 15) is 9.90 Å². The van der Waals surface area contributed by atoms with Crippen molar-refractivity contribution in [3.63, 3.8) is 0 Å². The highest BCUT2D eigenvalue weighted by atomic mass is 16.5. The van der Waals surface area contributed by atoms with Crippen molar-refractivity contribution in [2.24, 2.45) is 11.7 Å². The van der Waals surface area contributed by atoms with Crippen molar-refractivity contribution in [3.8, 4) is 5.75 Å². The largest absolute Gasteiger partial charge is 0.507 e. The third-order valence-corrected chi connectivity index (χ3v) is 5.10. The molecule has 0 saturated carbocycles. The van der Waals surface area contributed by atoms with E-state index < -0.39 is 0 Å². The Hall–Kier alpha value is -2.17. The molecule has 5 nitrogen and oxygen atoms in total. The molecule has 2 aliphatic heterocycles. The van der Waals surface area contributed by atoms with Crippen LogP contribution in [0.25, 0.3) is 5.76 Å². The molecule has 1 aromatic carbocycles. The zero-order chi connectivity index (χ0) is 16.6. The van der Waals surface area contributed by atoms with Gasteiger partial charge in [0.15, 0.2) is 0 Å². The molecule has 23 heavy (non-hydrogen) atoms. The van der Waals surface area contributed by atoms with Crippen LogP contribution in [0.3, 0.4) is 0 Å². The highest BCUT2D eigenvalue weighted by Gasteiger charge is 2.34. The summed E-state index contributed by atoms with van der Waals surface area (Å²) in [6, 6.07) is 3.84. The van der Waals surface area contributed by atoms with E-state index in [1.165, 1.54) is 6.20 Å². The van der Waals surface area contributed by atoms with Gasteiger partial charge in [0.25, 0.3) is 0 Å². The fourth-order valence-electron chi connectivity index (χ4n) is 3.64. The molecule has 5 heteroatoms. The number of rotatable bonds is 1. The summed E-state index contributed by atoms with van der Waals surface area (Å²) in [6.45, 7) is 5.06. The Morgan fingerprint density at radius 3 is 2.70 bits per heavy atom. The smallest absolute Gasteiger partial charge is 0.219 e. The summed E-state index contributed by atoms with van der Waals surface area (Å²) in [5.41, 5.74) is 8.41. The van der Waals surface area contributed by atoms with Crippen molar-refractivity contribution in [3.05, 3.63) is 35.0 Å². The molecule has 2 heterocycles. The summed E-state index contributed by atoms with van der Waals surface area (Å²) < 4.78 is 6.11. The molecule has 0 unspecified atom stereocenters. The van der Waals surface area contributed by atoms with Gasteiger partial charge in [-0.05, 0) is 31.2 Å². The van der Waals surface area contributed by atoms with Crippen LogP contribution in [0.2, 0.25) is 0 Å². The van der Waals surface area contributed by atoms with Crippen LogP contribution in [0.4, 0.5) is 0 Å². The van der Waals surface area contributed by atoms with Crippen LogP contribution in [0.5, 0.6) is 5.75 Å². The first-order chi connectivity index (χ1) is 11.0. The highest BCUT2D eigenvalue weighted by Crippen LogP contribution is 2.39. The van der Waals surface area contributed by atoms with Gasteiger partial charge < -0.3 is 20.5 Å². The van der Waals surface area contributed by atoms with E-state index >= 15 is 0 Å². The van der Waals surface area contributed by atoms with Crippen molar-refractivity contribution >= 4 is 11.7 Å². The van der Waals surface area contributed by atoms with Crippen LogP contribution in [-0.4, -0.2) is 35.1 Å². The molecule has 0 aromatic heterocycles. The Labute approximate surface area is 136 Å². The second-order valence-electron chi connectivity index (χ2n) is 6.49. The molecule has 1 aromatic rings. The molecule has 1 saturated heterocycles. The molecule has 1 fully saturated rings. The van der Waals surface area contributed by atoms with Crippen LogP contribution >= 0.6 is 0 Å². The fourth-order valence-corrected chi connectivity index (χ4v) is 3.64. The number of nitrogens with two attached hydrogens (primary N) is 1. The Balaban J connectivity index is 1.81. The monoisotopic (exact) mass is 316 g/mol. The predicted molar refractivity (Wildman–Crippen MR) is 88.6 cm³/mol. The summed E-state index contributed by atoms with van der Waals surface area (Å²) in [5, 5.41) is 10.4. The maximum atomic E-state index is 11.5. The van der Waals surface area contributed by atoms with Gasteiger partial charge in [0.1, 0.15) is 17.6 Å². The van der Waals surface area contributed by atoms with Gasteiger partial charge >= 0.3 is 0 Å². The van der Waals surface area contributed by atoms with Gasteiger partial charge in [-0.3, -0.25) is 4.79 Å². The number of likely N-dealkylation sites (tertiary alicyclic amines) is 1. The van der Waals surface area contributed by atoms with E-state index in [1.54, 1.807) is 6.92 Å². The molecule has 3 rings (SSSR count). The summed E-state index contributed by atoms with van der Waals surface area (Å²) in [7, 11) is 0. The number of hydrogen-bond acceptors (Lipinski definition) is 4.